The molecular formula is C20H20N4O5S. The van der Waals surface area contributed by atoms with Crippen LogP contribution in [0, 0.1) is 10.1 Å². The lowest BCUT2D eigenvalue weighted by atomic mass is 9.89. The molecule has 1 aromatic carbocycles. The minimum atomic E-state index is -3.69. The number of fused-ring (bicyclic) bond motifs is 1. The van der Waals surface area contributed by atoms with Crippen molar-refractivity contribution in [2.24, 2.45) is 0 Å². The van der Waals surface area contributed by atoms with E-state index < -0.39 is 26.4 Å². The highest BCUT2D eigenvalue weighted by Crippen LogP contribution is 2.33. The largest absolute Gasteiger partial charge is 0.346 e. The van der Waals surface area contributed by atoms with E-state index in [1.165, 1.54) is 11.6 Å². The zero-order valence-corrected chi connectivity index (χ0v) is 17.1. The molecule has 10 heteroatoms. The van der Waals surface area contributed by atoms with E-state index >= 15 is 0 Å². The quantitative estimate of drug-likeness (QED) is 0.503. The molecule has 1 aliphatic heterocycles. The van der Waals surface area contributed by atoms with Gasteiger partial charge in [-0.2, -0.15) is 0 Å². The number of nitro groups is 1. The molecule has 2 aromatic heterocycles. The van der Waals surface area contributed by atoms with Crippen LogP contribution < -0.4 is 0 Å². The molecule has 0 unspecified atom stereocenters. The van der Waals surface area contributed by atoms with Crippen LogP contribution in [-0.4, -0.2) is 53.5 Å². The maximum Gasteiger partial charge on any atom is 0.271 e. The first-order valence-electron chi connectivity index (χ1n) is 9.45. The Morgan fingerprint density at radius 1 is 1.27 bits per heavy atom. The fourth-order valence-electron chi connectivity index (χ4n) is 3.92. The Bertz CT molecular complexity index is 1240. The molecule has 30 heavy (non-hydrogen) atoms. The van der Waals surface area contributed by atoms with Gasteiger partial charge in [0.05, 0.1) is 9.82 Å². The van der Waals surface area contributed by atoms with Crippen molar-refractivity contribution in [3.63, 3.8) is 0 Å². The molecule has 1 aliphatic rings. The number of piperidine rings is 1. The number of pyridine rings is 1. The second-order valence-electron chi connectivity index (χ2n) is 7.45. The molecule has 1 amide bonds. The maximum absolute atomic E-state index is 13.0. The van der Waals surface area contributed by atoms with E-state index in [2.05, 4.69) is 9.97 Å². The molecule has 0 aliphatic carbocycles. The van der Waals surface area contributed by atoms with Crippen molar-refractivity contribution in [1.82, 2.24) is 14.9 Å². The van der Waals surface area contributed by atoms with Crippen molar-refractivity contribution >= 4 is 32.5 Å². The summed E-state index contributed by atoms with van der Waals surface area (Å²) in [6.07, 6.45) is 6.12. The first kappa shape index (κ1) is 20.0. The minimum Gasteiger partial charge on any atom is -0.346 e. The minimum absolute atomic E-state index is 0.0133. The highest BCUT2D eigenvalue weighted by Gasteiger charge is 2.28. The summed E-state index contributed by atoms with van der Waals surface area (Å²) in [4.78, 5) is 32.3. The zero-order valence-electron chi connectivity index (χ0n) is 16.2. The predicted molar refractivity (Wildman–Crippen MR) is 110 cm³/mol. The van der Waals surface area contributed by atoms with Crippen LogP contribution in [0.15, 0.2) is 47.6 Å². The van der Waals surface area contributed by atoms with Gasteiger partial charge in [0, 0.05) is 54.8 Å². The highest BCUT2D eigenvalue weighted by molar-refractivity contribution is 7.90. The number of nitrogens with one attached hydrogen (secondary N) is 1. The SMILES string of the molecule is CS(=O)(=O)c1cc(C(=O)N2CCC(c3c[nH]c4ncccc34)CC2)cc([N+](=O)[O-])c1. The van der Waals surface area contributed by atoms with Crippen molar-refractivity contribution < 1.29 is 18.1 Å². The van der Waals surface area contributed by atoms with Crippen LogP contribution in [0.1, 0.15) is 34.7 Å². The van der Waals surface area contributed by atoms with Gasteiger partial charge in [0.15, 0.2) is 9.84 Å². The van der Waals surface area contributed by atoms with Gasteiger partial charge in [0.2, 0.25) is 0 Å². The van der Waals surface area contributed by atoms with Crippen LogP contribution >= 0.6 is 0 Å². The van der Waals surface area contributed by atoms with Crippen molar-refractivity contribution in [2.45, 2.75) is 23.7 Å². The molecule has 1 saturated heterocycles. The zero-order chi connectivity index (χ0) is 21.5. The summed E-state index contributed by atoms with van der Waals surface area (Å²) in [7, 11) is -3.69. The summed E-state index contributed by atoms with van der Waals surface area (Å²) in [5.74, 6) is -0.133. The van der Waals surface area contributed by atoms with Crippen molar-refractivity contribution in [3.05, 3.63) is 64.0 Å². The summed E-state index contributed by atoms with van der Waals surface area (Å²) in [5.41, 5.74) is 1.60. The summed E-state index contributed by atoms with van der Waals surface area (Å²) < 4.78 is 23.8. The molecule has 0 spiro atoms. The van der Waals surface area contributed by atoms with Gasteiger partial charge in [-0.1, -0.05) is 0 Å². The summed E-state index contributed by atoms with van der Waals surface area (Å²) in [6, 6.07) is 7.22. The summed E-state index contributed by atoms with van der Waals surface area (Å²) in [6.45, 7) is 0.959. The van der Waals surface area contributed by atoms with E-state index in [1.807, 2.05) is 18.3 Å². The average Bonchev–Trinajstić information content (AvgIpc) is 3.16. The first-order valence-corrected chi connectivity index (χ1v) is 11.3. The van der Waals surface area contributed by atoms with Gasteiger partial charge in [-0.3, -0.25) is 14.9 Å². The van der Waals surface area contributed by atoms with Gasteiger partial charge >= 0.3 is 0 Å². The molecule has 1 fully saturated rings. The number of hydrogen-bond acceptors (Lipinski definition) is 6. The smallest absolute Gasteiger partial charge is 0.271 e. The number of aromatic amines is 1. The number of carbonyl (C=O) groups excluding carboxylic acids is 1. The number of rotatable bonds is 4. The van der Waals surface area contributed by atoms with Gasteiger partial charge in [-0.15, -0.1) is 0 Å². The molecule has 3 aromatic rings. The number of likely N-dealkylation sites (tertiary alicyclic amines) is 1. The molecule has 0 atom stereocenters. The topological polar surface area (TPSA) is 126 Å². The third-order valence-corrected chi connectivity index (χ3v) is 6.57. The van der Waals surface area contributed by atoms with Crippen molar-refractivity contribution in [1.29, 1.82) is 0 Å². The molecule has 0 bridgehead atoms. The monoisotopic (exact) mass is 428 g/mol. The highest BCUT2D eigenvalue weighted by atomic mass is 32.2. The number of nitrogens with zero attached hydrogens (tertiary/aromatic N) is 3. The fourth-order valence-corrected chi connectivity index (χ4v) is 4.59. The van der Waals surface area contributed by atoms with E-state index in [0.29, 0.717) is 13.1 Å². The van der Waals surface area contributed by atoms with Gasteiger partial charge < -0.3 is 9.88 Å². The Morgan fingerprint density at radius 2 is 2.00 bits per heavy atom. The van der Waals surface area contributed by atoms with Crippen molar-refractivity contribution in [2.75, 3.05) is 19.3 Å². The number of benzene rings is 1. The lowest BCUT2D eigenvalue weighted by molar-refractivity contribution is -0.385. The van der Waals surface area contributed by atoms with Gasteiger partial charge in [-0.25, -0.2) is 13.4 Å². The summed E-state index contributed by atoms with van der Waals surface area (Å²) >= 11 is 0. The van der Waals surface area contributed by atoms with Gasteiger partial charge in [-0.05, 0) is 42.5 Å². The molecule has 156 valence electrons. The van der Waals surface area contributed by atoms with Gasteiger partial charge in [0.1, 0.15) is 5.65 Å². The molecule has 3 heterocycles. The average molecular weight is 428 g/mol. The lowest BCUT2D eigenvalue weighted by Crippen LogP contribution is -2.38. The second-order valence-corrected chi connectivity index (χ2v) is 9.47. The molecule has 1 N–H and O–H groups in total. The van der Waals surface area contributed by atoms with E-state index in [0.717, 1.165) is 42.3 Å². The maximum atomic E-state index is 13.0. The number of hydrogen-bond donors (Lipinski definition) is 1. The molecule has 0 saturated carbocycles. The normalized spacial score (nSPS) is 15.4. The van der Waals surface area contributed by atoms with Crippen LogP contribution in [-0.2, 0) is 9.84 Å². The Labute approximate surface area is 172 Å². The Balaban J connectivity index is 1.54. The van der Waals surface area contributed by atoms with E-state index in [1.54, 1.807) is 11.1 Å². The number of H-pyrrole nitrogens is 1. The number of nitro benzene ring substituents is 1. The van der Waals surface area contributed by atoms with Crippen molar-refractivity contribution in [3.8, 4) is 0 Å². The lowest BCUT2D eigenvalue weighted by Gasteiger charge is -2.32. The Morgan fingerprint density at radius 3 is 2.67 bits per heavy atom. The molecule has 4 rings (SSSR count). The Hall–Kier alpha value is -3.27. The number of amides is 1. The standard InChI is InChI=1S/C20H20N4O5S/c1-30(28,29)16-10-14(9-15(11-16)24(26)27)20(25)23-7-4-13(5-8-23)18-12-22-19-17(18)3-2-6-21-19/h2-3,6,9-13H,4-5,7-8H2,1H3,(H,21,22). The van der Waals surface area contributed by atoms with E-state index in [-0.39, 0.29) is 16.4 Å². The number of carbonyl (C=O) groups is 1. The second kappa shape index (κ2) is 7.52. The number of sulfone groups is 1. The van der Waals surface area contributed by atoms with Gasteiger partial charge in [0.25, 0.3) is 11.6 Å². The fraction of sp³-hybridized carbons (Fsp3) is 0.300. The van der Waals surface area contributed by atoms with E-state index in [4.69, 9.17) is 0 Å². The summed E-state index contributed by atoms with van der Waals surface area (Å²) in [5, 5.41) is 12.3. The number of non-ortho nitro benzene ring substituents is 1. The Kier molecular flexibility index (Phi) is 5.02. The van der Waals surface area contributed by atoms with Crippen LogP contribution in [0.25, 0.3) is 11.0 Å². The predicted octanol–water partition coefficient (Wildman–Crippen LogP) is 2.89. The van der Waals surface area contributed by atoms with Crippen LogP contribution in [0.2, 0.25) is 0 Å². The first-order chi connectivity index (χ1) is 14.2. The third kappa shape index (κ3) is 3.78. The van der Waals surface area contributed by atoms with Crippen LogP contribution in [0.5, 0.6) is 0 Å². The molecule has 0 radical (unpaired) electrons. The van der Waals surface area contributed by atoms with E-state index in [9.17, 15) is 23.3 Å². The number of aromatic nitrogens is 2. The molecule has 9 nitrogen and oxygen atoms in total. The van der Waals surface area contributed by atoms with Crippen LogP contribution in [0.4, 0.5) is 5.69 Å². The third-order valence-electron chi connectivity index (χ3n) is 5.48. The molecular weight excluding hydrogens is 408 g/mol. The van der Waals surface area contributed by atoms with Crippen LogP contribution in [0.3, 0.4) is 0 Å².